The SMILES string of the molecule is C#CC1(O)[C@@H](C)[C@@H](COP(=O)(O)OP(=O)(O)OP(=O)(O)O)O[C@H]1N1C=CC(=O)NC1=C. The average molecular weight is 504 g/mol. The van der Waals surface area contributed by atoms with E-state index in [-0.39, 0.29) is 5.82 Å². The molecular weight excluding hydrogens is 485 g/mol. The highest BCUT2D eigenvalue weighted by Crippen LogP contribution is 2.66. The first-order chi connectivity index (χ1) is 14.0. The Labute approximate surface area is 175 Å². The average Bonchev–Trinajstić information content (AvgIpc) is 2.82. The van der Waals surface area contributed by atoms with E-state index in [1.165, 1.54) is 18.0 Å². The molecule has 31 heavy (non-hydrogen) atoms. The van der Waals surface area contributed by atoms with Crippen molar-refractivity contribution in [3.8, 4) is 12.3 Å². The molecular formula is C13H19N2O13P3. The van der Waals surface area contributed by atoms with Gasteiger partial charge in [-0.15, -0.1) is 6.42 Å². The molecule has 0 aromatic carbocycles. The van der Waals surface area contributed by atoms with Crippen LogP contribution >= 0.6 is 23.5 Å². The lowest BCUT2D eigenvalue weighted by Crippen LogP contribution is -2.52. The number of carbonyl (C=O) groups is 1. The summed E-state index contributed by atoms with van der Waals surface area (Å²) in [5.41, 5.74) is -2.00. The Kier molecular flexibility index (Phi) is 7.42. The molecule has 2 heterocycles. The van der Waals surface area contributed by atoms with Crippen LogP contribution in [-0.2, 0) is 36.4 Å². The van der Waals surface area contributed by atoms with Crippen LogP contribution in [0.15, 0.2) is 24.7 Å². The maximum absolute atomic E-state index is 11.9. The lowest BCUT2D eigenvalue weighted by Gasteiger charge is -2.36. The van der Waals surface area contributed by atoms with Crippen molar-refractivity contribution in [3.05, 3.63) is 24.7 Å². The second kappa shape index (κ2) is 8.88. The summed E-state index contributed by atoms with van der Waals surface area (Å²) in [6, 6.07) is 0. The number of terminal acetylenes is 1. The summed E-state index contributed by atoms with van der Waals surface area (Å²) in [6.45, 7) is 4.20. The van der Waals surface area contributed by atoms with Crippen LogP contribution in [0.25, 0.3) is 0 Å². The summed E-state index contributed by atoms with van der Waals surface area (Å²) in [6.07, 6.45) is 5.29. The molecule has 18 heteroatoms. The van der Waals surface area contributed by atoms with Crippen molar-refractivity contribution < 1.29 is 61.1 Å². The van der Waals surface area contributed by atoms with Gasteiger partial charge in [0.15, 0.2) is 11.8 Å². The molecule has 15 nitrogen and oxygen atoms in total. The largest absolute Gasteiger partial charge is 0.490 e. The molecule has 1 amide bonds. The predicted octanol–water partition coefficient (Wildman–Crippen LogP) is -0.528. The molecule has 2 aliphatic rings. The number of aliphatic hydroxyl groups is 1. The molecule has 0 radical (unpaired) electrons. The third-order valence-electron chi connectivity index (χ3n) is 4.20. The van der Waals surface area contributed by atoms with Crippen molar-refractivity contribution >= 4 is 29.4 Å². The zero-order valence-electron chi connectivity index (χ0n) is 15.7. The first kappa shape index (κ1) is 25.9. The van der Waals surface area contributed by atoms with E-state index in [4.69, 9.17) is 25.8 Å². The van der Waals surface area contributed by atoms with Crippen LogP contribution < -0.4 is 5.32 Å². The van der Waals surface area contributed by atoms with E-state index in [0.717, 1.165) is 6.08 Å². The molecule has 0 spiro atoms. The third kappa shape index (κ3) is 6.34. The molecule has 2 aliphatic heterocycles. The first-order valence-electron chi connectivity index (χ1n) is 8.10. The van der Waals surface area contributed by atoms with Crippen molar-refractivity contribution in [3.63, 3.8) is 0 Å². The maximum atomic E-state index is 11.9. The van der Waals surface area contributed by atoms with E-state index >= 15 is 0 Å². The summed E-state index contributed by atoms with van der Waals surface area (Å²) >= 11 is 0. The lowest BCUT2D eigenvalue weighted by atomic mass is 9.86. The van der Waals surface area contributed by atoms with Gasteiger partial charge in [0.2, 0.25) is 0 Å². The number of phosphoric acid groups is 3. The van der Waals surface area contributed by atoms with E-state index < -0.39 is 59.8 Å². The molecule has 0 bridgehead atoms. The van der Waals surface area contributed by atoms with Crippen molar-refractivity contribution in [2.24, 2.45) is 5.92 Å². The fraction of sp³-hybridized carbons (Fsp3) is 0.462. The second-order valence-corrected chi connectivity index (χ2v) is 10.8. The summed E-state index contributed by atoms with van der Waals surface area (Å²) < 4.78 is 51.3. The molecule has 6 N–H and O–H groups in total. The number of nitrogens with one attached hydrogen (secondary N) is 1. The van der Waals surface area contributed by atoms with Gasteiger partial charge in [-0.05, 0) is 0 Å². The highest BCUT2D eigenvalue weighted by atomic mass is 31.3. The number of carbonyl (C=O) groups excluding carboxylic acids is 1. The molecule has 0 aromatic rings. The van der Waals surface area contributed by atoms with E-state index in [0.29, 0.717) is 0 Å². The summed E-state index contributed by atoms with van der Waals surface area (Å²) in [5.74, 6) is 0.737. The van der Waals surface area contributed by atoms with Gasteiger partial charge in [-0.2, -0.15) is 8.62 Å². The Morgan fingerprint density at radius 1 is 1.29 bits per heavy atom. The fourth-order valence-corrected chi connectivity index (χ4v) is 5.77. The molecule has 0 saturated carbocycles. The minimum Gasteiger partial charge on any atom is -0.373 e. The summed E-state index contributed by atoms with van der Waals surface area (Å²) in [5, 5.41) is 13.3. The topological polar surface area (TPSA) is 222 Å². The number of amides is 1. The smallest absolute Gasteiger partial charge is 0.373 e. The van der Waals surface area contributed by atoms with Crippen LogP contribution in [-0.4, -0.2) is 60.0 Å². The van der Waals surface area contributed by atoms with Crippen molar-refractivity contribution in [1.82, 2.24) is 10.2 Å². The lowest BCUT2D eigenvalue weighted by molar-refractivity contribution is -0.120. The molecule has 1 saturated heterocycles. The Balaban J connectivity index is 2.13. The van der Waals surface area contributed by atoms with E-state index in [2.05, 4.69) is 31.0 Å². The van der Waals surface area contributed by atoms with E-state index in [9.17, 15) is 28.5 Å². The van der Waals surface area contributed by atoms with Gasteiger partial charge in [0.25, 0.3) is 5.91 Å². The zero-order chi connectivity index (χ0) is 23.8. The van der Waals surface area contributed by atoms with Gasteiger partial charge in [0.05, 0.1) is 12.7 Å². The molecule has 174 valence electrons. The third-order valence-corrected chi connectivity index (χ3v) is 8.00. The van der Waals surface area contributed by atoms with Gasteiger partial charge in [0, 0.05) is 18.2 Å². The van der Waals surface area contributed by atoms with E-state index in [1.54, 1.807) is 0 Å². The van der Waals surface area contributed by atoms with Crippen LogP contribution in [0.5, 0.6) is 0 Å². The molecule has 0 aromatic heterocycles. The monoisotopic (exact) mass is 504 g/mol. The molecule has 2 rings (SSSR count). The Morgan fingerprint density at radius 2 is 1.90 bits per heavy atom. The standard InChI is InChI=1S/C13H19N2O13P3/c1-4-13(17)8(2)10(26-12(13)15-6-5-11(16)14-9(15)3)7-25-30(21,22)28-31(23,24)27-29(18,19)20/h1,5-6,8,10,12,17H,3,7H2,2H3,(H,14,16)(H,21,22)(H,23,24)(H2,18,19,20)/t8-,10+,12+,13?/m0/s1. The number of rotatable bonds is 8. The van der Waals surface area contributed by atoms with Gasteiger partial charge < -0.3 is 39.6 Å². The highest BCUT2D eigenvalue weighted by Gasteiger charge is 2.56. The predicted molar refractivity (Wildman–Crippen MR) is 99.7 cm³/mol. The molecule has 6 atom stereocenters. The van der Waals surface area contributed by atoms with Crippen LogP contribution in [0.3, 0.4) is 0 Å². The van der Waals surface area contributed by atoms with E-state index in [1.807, 2.05) is 0 Å². The minimum absolute atomic E-state index is 0.0203. The van der Waals surface area contributed by atoms with Crippen LogP contribution in [0.1, 0.15) is 6.92 Å². The van der Waals surface area contributed by atoms with Gasteiger partial charge in [-0.1, -0.05) is 19.4 Å². The number of nitrogens with zero attached hydrogens (tertiary/aromatic N) is 1. The first-order valence-corrected chi connectivity index (χ1v) is 12.6. The van der Waals surface area contributed by atoms with Crippen molar-refractivity contribution in [2.75, 3.05) is 6.61 Å². The number of hydrogen-bond donors (Lipinski definition) is 6. The maximum Gasteiger partial charge on any atom is 0.490 e. The van der Waals surface area contributed by atoms with Gasteiger partial charge >= 0.3 is 23.5 Å². The van der Waals surface area contributed by atoms with Crippen LogP contribution in [0.2, 0.25) is 0 Å². The molecule has 3 unspecified atom stereocenters. The second-order valence-electron chi connectivity index (χ2n) is 6.33. The Bertz CT molecular complexity index is 970. The number of ether oxygens (including phenoxy) is 1. The minimum atomic E-state index is -5.68. The van der Waals surface area contributed by atoms with Crippen LogP contribution in [0.4, 0.5) is 0 Å². The van der Waals surface area contributed by atoms with Gasteiger partial charge in [0.1, 0.15) is 5.82 Å². The number of hydrogen-bond acceptors (Lipinski definition) is 10. The molecule has 0 aliphatic carbocycles. The quantitative estimate of drug-likeness (QED) is 0.181. The fourth-order valence-electron chi connectivity index (χ4n) is 2.74. The normalized spacial score (nSPS) is 32.8. The van der Waals surface area contributed by atoms with Crippen LogP contribution in [0, 0.1) is 18.3 Å². The highest BCUT2D eigenvalue weighted by molar-refractivity contribution is 7.66. The zero-order valence-corrected chi connectivity index (χ0v) is 18.4. The molecule has 1 fully saturated rings. The van der Waals surface area contributed by atoms with Crippen molar-refractivity contribution in [2.45, 2.75) is 24.9 Å². The summed E-state index contributed by atoms with van der Waals surface area (Å²) in [4.78, 5) is 48.4. The Morgan fingerprint density at radius 3 is 2.42 bits per heavy atom. The van der Waals surface area contributed by atoms with Gasteiger partial charge in [-0.25, -0.2) is 13.7 Å². The Hall–Kier alpha value is -1.36. The number of phosphoric ester groups is 1. The summed E-state index contributed by atoms with van der Waals surface area (Å²) in [7, 11) is -16.6. The van der Waals surface area contributed by atoms with Gasteiger partial charge in [-0.3, -0.25) is 9.32 Å². The van der Waals surface area contributed by atoms with Crippen molar-refractivity contribution in [1.29, 1.82) is 0 Å².